The maximum Gasteiger partial charge on any atom is 0.0714 e. The van der Waals surface area contributed by atoms with Gasteiger partial charge in [0.15, 0.2) is 0 Å². The summed E-state index contributed by atoms with van der Waals surface area (Å²) >= 11 is 3.74. The molecule has 0 radical (unpaired) electrons. The number of aromatic nitrogens is 1. The van der Waals surface area contributed by atoms with E-state index in [0.29, 0.717) is 0 Å². The van der Waals surface area contributed by atoms with Crippen LogP contribution in [0.2, 0.25) is 0 Å². The summed E-state index contributed by atoms with van der Waals surface area (Å²) in [5.41, 5.74) is 20.2. The predicted octanol–water partition coefficient (Wildman–Crippen LogP) is 16.1. The first-order valence-electron chi connectivity index (χ1n) is 22.5. The molecule has 0 aliphatic heterocycles. The minimum atomic E-state index is -0.347. The highest BCUT2D eigenvalue weighted by Crippen LogP contribution is 2.58. The molecule has 0 bridgehead atoms. The predicted molar refractivity (Wildman–Crippen MR) is 274 cm³/mol. The van der Waals surface area contributed by atoms with Crippen molar-refractivity contribution in [2.45, 2.75) is 17.3 Å². The minimum Gasteiger partial charge on any atom is -0.355 e. The van der Waals surface area contributed by atoms with Gasteiger partial charge >= 0.3 is 0 Å². The van der Waals surface area contributed by atoms with E-state index in [4.69, 9.17) is 0 Å². The lowest BCUT2D eigenvalue weighted by Crippen LogP contribution is -2.28. The Kier molecular flexibility index (Phi) is 9.58. The number of H-pyrrole nitrogens is 1. The topological polar surface area (TPSA) is 15.8 Å². The molecular formula is C63H44BrN. The van der Waals surface area contributed by atoms with E-state index in [0.717, 1.165) is 10.9 Å². The first-order valence-corrected chi connectivity index (χ1v) is 23.3. The molecule has 2 aliphatic rings. The zero-order chi connectivity index (χ0) is 43.4. The van der Waals surface area contributed by atoms with Crippen molar-refractivity contribution < 1.29 is 0 Å². The summed E-state index contributed by atoms with van der Waals surface area (Å²) < 4.78 is 1.16. The van der Waals surface area contributed by atoms with Crippen LogP contribution < -0.4 is 0 Å². The van der Waals surface area contributed by atoms with Gasteiger partial charge in [0.2, 0.25) is 0 Å². The molecule has 0 spiro atoms. The number of para-hydroxylation sites is 1. The van der Waals surface area contributed by atoms with E-state index in [-0.39, 0.29) is 10.8 Å². The van der Waals surface area contributed by atoms with Gasteiger partial charge in [0, 0.05) is 26.3 Å². The van der Waals surface area contributed by atoms with Crippen LogP contribution in [0.3, 0.4) is 0 Å². The van der Waals surface area contributed by atoms with Crippen LogP contribution >= 0.6 is 15.9 Å². The molecule has 1 heterocycles. The third-order valence-corrected chi connectivity index (χ3v) is 14.7. The Bertz CT molecular complexity index is 3440. The summed E-state index contributed by atoms with van der Waals surface area (Å²) in [7, 11) is 0. The molecule has 1 aromatic heterocycles. The van der Waals surface area contributed by atoms with E-state index >= 15 is 0 Å². The molecule has 2 aliphatic carbocycles. The van der Waals surface area contributed by atoms with Crippen LogP contribution in [0.25, 0.3) is 44.1 Å². The third-order valence-electron chi connectivity index (χ3n) is 14.0. The molecule has 1 N–H and O–H groups in total. The fraction of sp³-hybridized carbons (Fsp3) is 0.0476. The second-order valence-electron chi connectivity index (χ2n) is 17.3. The van der Waals surface area contributed by atoms with Crippen molar-refractivity contribution in [2.24, 2.45) is 0 Å². The van der Waals surface area contributed by atoms with E-state index in [1.807, 2.05) is 0 Å². The molecule has 10 aromatic carbocycles. The highest BCUT2D eigenvalue weighted by molar-refractivity contribution is 9.10. The molecule has 0 atom stereocenters. The number of halogens is 1. The van der Waals surface area contributed by atoms with Crippen LogP contribution in [0.4, 0.5) is 0 Å². The molecule has 2 heteroatoms. The number of rotatable bonds is 6. The normalized spacial score (nSPS) is 13.6. The molecule has 0 unspecified atom stereocenters. The van der Waals surface area contributed by atoms with Crippen molar-refractivity contribution >= 4 is 37.7 Å². The minimum absolute atomic E-state index is 0.335. The van der Waals surface area contributed by atoms with Crippen LogP contribution in [0.15, 0.2) is 253 Å². The second-order valence-corrected chi connectivity index (χ2v) is 18.2. The summed E-state index contributed by atoms with van der Waals surface area (Å²) in [6.07, 6.45) is 0.894. The van der Waals surface area contributed by atoms with E-state index in [1.165, 1.54) is 99.7 Å². The Morgan fingerprint density at radius 3 is 1.34 bits per heavy atom. The molecule has 0 saturated carbocycles. The number of hydrogen-bond acceptors (Lipinski definition) is 0. The van der Waals surface area contributed by atoms with Crippen molar-refractivity contribution in [3.8, 4) is 22.3 Å². The Balaban J connectivity index is 0.000000137. The zero-order valence-corrected chi connectivity index (χ0v) is 37.3. The number of aromatic amines is 1. The van der Waals surface area contributed by atoms with E-state index in [2.05, 4.69) is 270 Å². The summed E-state index contributed by atoms with van der Waals surface area (Å²) in [5.74, 6) is 0. The van der Waals surface area contributed by atoms with Crippen molar-refractivity contribution in [1.29, 1.82) is 0 Å². The van der Waals surface area contributed by atoms with Gasteiger partial charge < -0.3 is 4.98 Å². The maximum absolute atomic E-state index is 3.74. The van der Waals surface area contributed by atoms with Crippen molar-refractivity contribution in [2.75, 3.05) is 0 Å². The zero-order valence-electron chi connectivity index (χ0n) is 35.8. The molecule has 0 amide bonds. The molecule has 13 rings (SSSR count). The molecule has 0 saturated heterocycles. The summed E-state index contributed by atoms with van der Waals surface area (Å²) in [5, 5.41) is 2.56. The van der Waals surface area contributed by atoms with E-state index in [1.54, 1.807) is 0 Å². The SMILES string of the molecule is Brc1ccccc1Cc1ccc2c(c1)C(c1ccccc1)(c1ccccc1)c1ccccc1-2.c1ccc(C2(c3ccccc3)c3ccccc3-c3cc4c(cc32)[nH]c2ccccc24)cc1. The van der Waals surface area contributed by atoms with Gasteiger partial charge in [-0.2, -0.15) is 0 Å². The molecule has 1 nitrogen and oxygen atoms in total. The Morgan fingerprint density at radius 1 is 0.323 bits per heavy atom. The van der Waals surface area contributed by atoms with Crippen LogP contribution in [0.1, 0.15) is 55.6 Å². The average Bonchev–Trinajstić information content (AvgIpc) is 3.99. The van der Waals surface area contributed by atoms with Crippen molar-refractivity contribution in [3.63, 3.8) is 0 Å². The first kappa shape index (κ1) is 39.1. The van der Waals surface area contributed by atoms with Crippen LogP contribution in [0, 0.1) is 0 Å². The lowest BCUT2D eigenvalue weighted by molar-refractivity contribution is 0.767. The van der Waals surface area contributed by atoms with Gasteiger partial charge in [-0.05, 0) is 109 Å². The highest BCUT2D eigenvalue weighted by Gasteiger charge is 2.47. The van der Waals surface area contributed by atoms with Crippen LogP contribution in [-0.4, -0.2) is 4.98 Å². The van der Waals surface area contributed by atoms with E-state index < -0.39 is 0 Å². The smallest absolute Gasteiger partial charge is 0.0714 e. The fourth-order valence-electron chi connectivity index (χ4n) is 11.2. The largest absolute Gasteiger partial charge is 0.355 e. The Morgan fingerprint density at radius 2 is 0.769 bits per heavy atom. The number of nitrogens with one attached hydrogen (secondary N) is 1. The lowest BCUT2D eigenvalue weighted by atomic mass is 9.67. The quantitative estimate of drug-likeness (QED) is 0.171. The Hall–Kier alpha value is -7.52. The average molecular weight is 895 g/mol. The molecule has 11 aromatic rings. The number of fused-ring (bicyclic) bond motifs is 9. The molecular weight excluding hydrogens is 851 g/mol. The second kappa shape index (κ2) is 15.9. The highest BCUT2D eigenvalue weighted by atomic mass is 79.9. The molecule has 0 fully saturated rings. The van der Waals surface area contributed by atoms with Gasteiger partial charge in [0.1, 0.15) is 0 Å². The standard InChI is InChI=1S/C32H23Br.C31H21N/c33-31-18-10-7-11-24(31)21-23-19-20-28-27-16-8-9-17-29(27)32(30(28)22-23,25-12-3-1-4-13-25)26-14-5-2-6-15-26;1-3-11-21(12-4-1)31(22-13-5-2-6-14-22)27-17-9-7-15-23(27)25-19-26-24-16-8-10-18-29(24)32-30(26)20-28(25)31/h1-20,22H,21H2;1-20,32H. The van der Waals surface area contributed by atoms with Crippen molar-refractivity contribution in [1.82, 2.24) is 4.98 Å². The summed E-state index contributed by atoms with van der Waals surface area (Å²) in [4.78, 5) is 3.68. The maximum atomic E-state index is 3.74. The van der Waals surface area contributed by atoms with E-state index in [9.17, 15) is 0 Å². The first-order chi connectivity index (χ1) is 32.2. The van der Waals surface area contributed by atoms with Crippen LogP contribution in [-0.2, 0) is 17.3 Å². The molecule has 65 heavy (non-hydrogen) atoms. The van der Waals surface area contributed by atoms with Crippen molar-refractivity contribution in [3.05, 3.63) is 309 Å². The van der Waals surface area contributed by atoms with Gasteiger partial charge in [-0.15, -0.1) is 0 Å². The van der Waals surface area contributed by atoms with Gasteiger partial charge in [0.25, 0.3) is 0 Å². The number of benzene rings is 10. The van der Waals surface area contributed by atoms with Gasteiger partial charge in [-0.3, -0.25) is 0 Å². The monoisotopic (exact) mass is 893 g/mol. The third kappa shape index (κ3) is 6.12. The molecule has 308 valence electrons. The Labute approximate surface area is 388 Å². The summed E-state index contributed by atoms with van der Waals surface area (Å²) in [6.45, 7) is 0. The fourth-order valence-corrected chi connectivity index (χ4v) is 11.7. The summed E-state index contributed by atoms with van der Waals surface area (Å²) in [6, 6.07) is 90.6. The van der Waals surface area contributed by atoms with Gasteiger partial charge in [-0.25, -0.2) is 0 Å². The van der Waals surface area contributed by atoms with Crippen LogP contribution in [0.5, 0.6) is 0 Å². The van der Waals surface area contributed by atoms with Gasteiger partial charge in [-0.1, -0.05) is 240 Å². The van der Waals surface area contributed by atoms with Gasteiger partial charge in [0.05, 0.1) is 10.8 Å². The lowest BCUT2D eigenvalue weighted by Gasteiger charge is -2.34. The number of hydrogen-bond donors (Lipinski definition) is 1.